The SMILES string of the molecule is CN1CCC(C(=O)c2cccc(NC(=O)NC3CCCCC3)c2)CC1. The zero-order chi connectivity index (χ0) is 17.6. The molecule has 1 saturated heterocycles. The van der Waals surface area contributed by atoms with E-state index in [0.717, 1.165) is 38.8 Å². The molecule has 1 aromatic carbocycles. The largest absolute Gasteiger partial charge is 0.335 e. The summed E-state index contributed by atoms with van der Waals surface area (Å²) >= 11 is 0. The van der Waals surface area contributed by atoms with Gasteiger partial charge in [0.2, 0.25) is 0 Å². The Morgan fingerprint density at radius 1 is 1.04 bits per heavy atom. The quantitative estimate of drug-likeness (QED) is 0.820. The summed E-state index contributed by atoms with van der Waals surface area (Å²) in [5.74, 6) is 0.298. The fourth-order valence-corrected chi connectivity index (χ4v) is 3.86. The molecule has 5 heteroatoms. The molecule has 1 aliphatic heterocycles. The van der Waals surface area contributed by atoms with E-state index in [0.29, 0.717) is 11.3 Å². The number of rotatable bonds is 4. The standard InChI is InChI=1S/C20H29N3O2/c1-23-12-10-15(11-13-23)19(24)16-6-5-9-18(14-16)22-20(25)21-17-7-3-2-4-8-17/h5-6,9,14-15,17H,2-4,7-8,10-13H2,1H3,(H2,21,22,25). The summed E-state index contributed by atoms with van der Waals surface area (Å²) in [6.07, 6.45) is 7.58. The first kappa shape index (κ1) is 17.9. The van der Waals surface area contributed by atoms with Crippen molar-refractivity contribution >= 4 is 17.5 Å². The van der Waals surface area contributed by atoms with Gasteiger partial charge >= 0.3 is 6.03 Å². The van der Waals surface area contributed by atoms with Crippen LogP contribution in [-0.2, 0) is 0 Å². The minimum atomic E-state index is -0.171. The Morgan fingerprint density at radius 3 is 2.48 bits per heavy atom. The molecule has 25 heavy (non-hydrogen) atoms. The smallest absolute Gasteiger partial charge is 0.319 e. The zero-order valence-corrected chi connectivity index (χ0v) is 15.1. The molecule has 2 N–H and O–H groups in total. The maximum atomic E-state index is 12.7. The minimum absolute atomic E-state index is 0.0996. The second-order valence-electron chi connectivity index (χ2n) is 7.46. The molecular formula is C20H29N3O2. The highest BCUT2D eigenvalue weighted by Crippen LogP contribution is 2.23. The van der Waals surface area contributed by atoms with Crippen molar-refractivity contribution in [2.75, 3.05) is 25.5 Å². The van der Waals surface area contributed by atoms with Gasteiger partial charge in [0.1, 0.15) is 0 Å². The van der Waals surface area contributed by atoms with Crippen LogP contribution in [0.3, 0.4) is 0 Å². The number of hydrogen-bond acceptors (Lipinski definition) is 3. The van der Waals surface area contributed by atoms with Crippen molar-refractivity contribution in [2.24, 2.45) is 5.92 Å². The van der Waals surface area contributed by atoms with E-state index in [2.05, 4.69) is 22.6 Å². The lowest BCUT2D eigenvalue weighted by Crippen LogP contribution is -2.39. The number of amides is 2. The van der Waals surface area contributed by atoms with Crippen LogP contribution in [0.5, 0.6) is 0 Å². The van der Waals surface area contributed by atoms with Gasteiger partial charge in [-0.05, 0) is 58.0 Å². The van der Waals surface area contributed by atoms with E-state index in [-0.39, 0.29) is 23.8 Å². The molecule has 1 heterocycles. The van der Waals surface area contributed by atoms with E-state index < -0.39 is 0 Å². The second kappa shape index (κ2) is 8.48. The molecule has 5 nitrogen and oxygen atoms in total. The molecule has 0 aromatic heterocycles. The van der Waals surface area contributed by atoms with Crippen molar-refractivity contribution in [3.63, 3.8) is 0 Å². The molecule has 3 rings (SSSR count). The number of Topliss-reactive ketones (excluding diaryl/α,β-unsaturated/α-hetero) is 1. The predicted molar refractivity (Wildman–Crippen MR) is 100 cm³/mol. The summed E-state index contributed by atoms with van der Waals surface area (Å²) in [6.45, 7) is 1.94. The number of ketones is 1. The van der Waals surface area contributed by atoms with Crippen LogP contribution in [-0.4, -0.2) is 42.9 Å². The van der Waals surface area contributed by atoms with Gasteiger partial charge in [0.05, 0.1) is 0 Å². The highest BCUT2D eigenvalue weighted by atomic mass is 16.2. The van der Waals surface area contributed by atoms with Crippen molar-refractivity contribution in [2.45, 2.75) is 51.0 Å². The van der Waals surface area contributed by atoms with E-state index >= 15 is 0 Å². The van der Waals surface area contributed by atoms with Crippen molar-refractivity contribution in [1.29, 1.82) is 0 Å². The Bertz CT molecular complexity index is 603. The summed E-state index contributed by atoms with van der Waals surface area (Å²) in [7, 11) is 2.09. The first-order valence-electron chi connectivity index (χ1n) is 9.52. The van der Waals surface area contributed by atoms with Crippen molar-refractivity contribution in [3.8, 4) is 0 Å². The lowest BCUT2D eigenvalue weighted by atomic mass is 9.89. The topological polar surface area (TPSA) is 61.4 Å². The monoisotopic (exact) mass is 343 g/mol. The van der Waals surface area contributed by atoms with Gasteiger partial charge in [-0.15, -0.1) is 0 Å². The van der Waals surface area contributed by atoms with Crippen LogP contribution in [0.1, 0.15) is 55.3 Å². The van der Waals surface area contributed by atoms with Crippen molar-refractivity contribution in [3.05, 3.63) is 29.8 Å². The number of nitrogens with one attached hydrogen (secondary N) is 2. The van der Waals surface area contributed by atoms with Gasteiger partial charge in [0.15, 0.2) is 5.78 Å². The predicted octanol–water partition coefficient (Wildman–Crippen LogP) is 3.67. The minimum Gasteiger partial charge on any atom is -0.335 e. The number of likely N-dealkylation sites (tertiary alicyclic amines) is 1. The molecule has 2 amide bonds. The molecule has 0 spiro atoms. The third-order valence-corrected chi connectivity index (χ3v) is 5.43. The van der Waals surface area contributed by atoms with E-state index in [1.54, 1.807) is 6.07 Å². The van der Waals surface area contributed by atoms with E-state index in [1.807, 2.05) is 18.2 Å². The molecule has 0 unspecified atom stereocenters. The van der Waals surface area contributed by atoms with Crippen LogP contribution in [0.2, 0.25) is 0 Å². The maximum absolute atomic E-state index is 12.7. The number of benzene rings is 1. The summed E-state index contributed by atoms with van der Waals surface area (Å²) in [5, 5.41) is 5.93. The summed E-state index contributed by atoms with van der Waals surface area (Å²) in [4.78, 5) is 27.2. The van der Waals surface area contributed by atoms with Crippen molar-refractivity contribution in [1.82, 2.24) is 10.2 Å². The molecule has 0 atom stereocenters. The van der Waals surface area contributed by atoms with Gasteiger partial charge < -0.3 is 15.5 Å². The average Bonchev–Trinajstić information content (AvgIpc) is 2.63. The van der Waals surface area contributed by atoms with Crippen LogP contribution >= 0.6 is 0 Å². The highest BCUT2D eigenvalue weighted by molar-refractivity contribution is 5.99. The molecule has 136 valence electrons. The number of hydrogen-bond donors (Lipinski definition) is 2. The van der Waals surface area contributed by atoms with Gasteiger partial charge in [-0.1, -0.05) is 31.4 Å². The number of urea groups is 1. The van der Waals surface area contributed by atoms with Gasteiger partial charge in [-0.25, -0.2) is 4.79 Å². The maximum Gasteiger partial charge on any atom is 0.319 e. The first-order chi connectivity index (χ1) is 12.1. The van der Waals surface area contributed by atoms with Crippen LogP contribution < -0.4 is 10.6 Å². The van der Waals surface area contributed by atoms with Gasteiger partial charge in [0.25, 0.3) is 0 Å². The summed E-state index contributed by atoms with van der Waals surface area (Å²) < 4.78 is 0. The highest BCUT2D eigenvalue weighted by Gasteiger charge is 2.24. The Balaban J connectivity index is 1.57. The number of carbonyl (C=O) groups is 2. The average molecular weight is 343 g/mol. The number of anilines is 1. The van der Waals surface area contributed by atoms with Crippen LogP contribution in [0.25, 0.3) is 0 Å². The Kier molecular flexibility index (Phi) is 6.08. The Labute approximate surface area is 150 Å². The van der Waals surface area contributed by atoms with E-state index in [1.165, 1.54) is 19.3 Å². The van der Waals surface area contributed by atoms with E-state index in [4.69, 9.17) is 0 Å². The van der Waals surface area contributed by atoms with E-state index in [9.17, 15) is 9.59 Å². The molecule has 1 aliphatic carbocycles. The fourth-order valence-electron chi connectivity index (χ4n) is 3.86. The number of nitrogens with zero attached hydrogens (tertiary/aromatic N) is 1. The third-order valence-electron chi connectivity index (χ3n) is 5.43. The van der Waals surface area contributed by atoms with Gasteiger partial charge in [-0.3, -0.25) is 4.79 Å². The third kappa shape index (κ3) is 5.05. The zero-order valence-electron chi connectivity index (χ0n) is 15.1. The van der Waals surface area contributed by atoms with Crippen LogP contribution in [0, 0.1) is 5.92 Å². The lowest BCUT2D eigenvalue weighted by Gasteiger charge is -2.28. The Hall–Kier alpha value is -1.88. The molecule has 0 radical (unpaired) electrons. The van der Waals surface area contributed by atoms with Gasteiger partial charge in [0, 0.05) is 23.2 Å². The lowest BCUT2D eigenvalue weighted by molar-refractivity contribution is 0.0857. The second-order valence-corrected chi connectivity index (χ2v) is 7.46. The number of piperidine rings is 1. The van der Waals surface area contributed by atoms with Gasteiger partial charge in [-0.2, -0.15) is 0 Å². The molecule has 0 bridgehead atoms. The van der Waals surface area contributed by atoms with Crippen molar-refractivity contribution < 1.29 is 9.59 Å². The summed E-state index contributed by atoms with van der Waals surface area (Å²) in [5.41, 5.74) is 1.39. The summed E-state index contributed by atoms with van der Waals surface area (Å²) in [6, 6.07) is 7.45. The van der Waals surface area contributed by atoms with Crippen LogP contribution in [0.4, 0.5) is 10.5 Å². The molecule has 2 fully saturated rings. The Morgan fingerprint density at radius 2 is 1.76 bits per heavy atom. The fraction of sp³-hybridized carbons (Fsp3) is 0.600. The molecular weight excluding hydrogens is 314 g/mol. The molecule has 1 aromatic rings. The molecule has 2 aliphatic rings. The van der Waals surface area contributed by atoms with Crippen LogP contribution in [0.15, 0.2) is 24.3 Å². The number of carbonyl (C=O) groups excluding carboxylic acids is 2. The molecule has 1 saturated carbocycles. The normalized spacial score (nSPS) is 20.2. The first-order valence-corrected chi connectivity index (χ1v) is 9.52.